The summed E-state index contributed by atoms with van der Waals surface area (Å²) < 4.78 is 4.41. The Morgan fingerprint density at radius 2 is 2.11 bits per heavy atom. The Kier molecular flexibility index (Phi) is 3.76. The molecular formula is C5H9BO3. The molecule has 0 aromatic rings. The molecule has 0 bridgehead atoms. The number of Topliss-reactive ketones (excluding diaryl/α,β-unsaturated/α-hetero) is 1. The van der Waals surface area contributed by atoms with Crippen LogP contribution in [0.15, 0.2) is 0 Å². The van der Waals surface area contributed by atoms with E-state index in [9.17, 15) is 9.59 Å². The van der Waals surface area contributed by atoms with E-state index >= 15 is 0 Å². The molecule has 0 rings (SSSR count). The molecule has 3 nitrogen and oxygen atoms in total. The molecule has 0 amide bonds. The first kappa shape index (κ1) is 8.20. The van der Waals surface area contributed by atoms with Crippen molar-refractivity contribution >= 4 is 19.6 Å². The van der Waals surface area contributed by atoms with E-state index < -0.39 is 11.8 Å². The highest BCUT2D eigenvalue weighted by atomic mass is 16.5. The van der Waals surface area contributed by atoms with Crippen LogP contribution in [0.5, 0.6) is 0 Å². The van der Waals surface area contributed by atoms with Crippen LogP contribution in [0.2, 0.25) is 6.32 Å². The van der Waals surface area contributed by atoms with Crippen LogP contribution in [-0.4, -0.2) is 26.2 Å². The number of ketones is 1. The number of ether oxygens (including phenoxy) is 1. The predicted octanol–water partition coefficient (Wildman–Crippen LogP) is -0.830. The molecule has 0 saturated heterocycles. The van der Waals surface area contributed by atoms with Crippen molar-refractivity contribution in [1.29, 1.82) is 0 Å². The lowest BCUT2D eigenvalue weighted by Crippen LogP contribution is -2.16. The standard InChI is InChI=1S/C5H9BO3/c1-2-9-5(8)4(7)3-6/h2-3,6H2,1H3. The zero-order valence-corrected chi connectivity index (χ0v) is 5.64. The van der Waals surface area contributed by atoms with E-state index in [4.69, 9.17) is 0 Å². The lowest BCUT2D eigenvalue weighted by atomic mass is 10.0. The minimum absolute atomic E-state index is 0.221. The summed E-state index contributed by atoms with van der Waals surface area (Å²) in [4.78, 5) is 20.8. The number of hydrogen-bond donors (Lipinski definition) is 0. The predicted molar refractivity (Wildman–Crippen MR) is 35.0 cm³/mol. The summed E-state index contributed by atoms with van der Waals surface area (Å²) in [5.41, 5.74) is 0. The fraction of sp³-hybridized carbons (Fsp3) is 0.600. The van der Waals surface area contributed by atoms with Gasteiger partial charge in [-0.15, -0.1) is 0 Å². The maximum atomic E-state index is 10.4. The molecule has 0 atom stereocenters. The average molecular weight is 128 g/mol. The first-order valence-electron chi connectivity index (χ1n) is 2.92. The molecule has 0 aliphatic heterocycles. The van der Waals surface area contributed by atoms with Crippen molar-refractivity contribution in [3.05, 3.63) is 0 Å². The molecule has 0 fully saturated rings. The molecule has 0 aromatic heterocycles. The molecule has 0 heterocycles. The summed E-state index contributed by atoms with van der Waals surface area (Å²) in [5.74, 6) is -1.18. The molecular weight excluding hydrogens is 119 g/mol. The van der Waals surface area contributed by atoms with Gasteiger partial charge in [0.05, 0.1) is 6.61 Å². The van der Waals surface area contributed by atoms with Crippen LogP contribution >= 0.6 is 0 Å². The van der Waals surface area contributed by atoms with Gasteiger partial charge in [-0.2, -0.15) is 0 Å². The van der Waals surface area contributed by atoms with Crippen molar-refractivity contribution < 1.29 is 14.3 Å². The van der Waals surface area contributed by atoms with Gasteiger partial charge in [0.1, 0.15) is 7.85 Å². The smallest absolute Gasteiger partial charge is 0.373 e. The third-order valence-corrected chi connectivity index (χ3v) is 0.824. The summed E-state index contributed by atoms with van der Waals surface area (Å²) in [5, 5.41) is 0. The van der Waals surface area contributed by atoms with E-state index in [-0.39, 0.29) is 12.9 Å². The van der Waals surface area contributed by atoms with Gasteiger partial charge in [-0.3, -0.25) is 4.79 Å². The lowest BCUT2D eigenvalue weighted by Gasteiger charge is -1.95. The van der Waals surface area contributed by atoms with Crippen molar-refractivity contribution in [2.75, 3.05) is 6.61 Å². The molecule has 0 aliphatic carbocycles. The van der Waals surface area contributed by atoms with E-state index in [1.807, 2.05) is 0 Å². The minimum Gasteiger partial charge on any atom is -0.460 e. The number of rotatable bonds is 3. The van der Waals surface area contributed by atoms with Crippen molar-refractivity contribution in [3.63, 3.8) is 0 Å². The second kappa shape index (κ2) is 4.12. The van der Waals surface area contributed by atoms with E-state index in [1.54, 1.807) is 14.8 Å². The van der Waals surface area contributed by atoms with Gasteiger partial charge in [0, 0.05) is 0 Å². The Balaban J connectivity index is 3.60. The highest BCUT2D eigenvalue weighted by Gasteiger charge is 2.09. The van der Waals surface area contributed by atoms with Gasteiger partial charge in [0.2, 0.25) is 5.78 Å². The van der Waals surface area contributed by atoms with Crippen LogP contribution < -0.4 is 0 Å². The molecule has 0 aromatic carbocycles. The first-order chi connectivity index (χ1) is 4.22. The molecule has 0 N–H and O–H groups in total. The molecule has 0 radical (unpaired) electrons. The van der Waals surface area contributed by atoms with Crippen LogP contribution in [-0.2, 0) is 14.3 Å². The fourth-order valence-electron chi connectivity index (χ4n) is 0.356. The zero-order chi connectivity index (χ0) is 7.28. The Bertz CT molecular complexity index is 121. The van der Waals surface area contributed by atoms with Crippen LogP contribution in [0.3, 0.4) is 0 Å². The molecule has 9 heavy (non-hydrogen) atoms. The van der Waals surface area contributed by atoms with E-state index in [2.05, 4.69) is 4.74 Å². The maximum absolute atomic E-state index is 10.4. The van der Waals surface area contributed by atoms with Crippen LogP contribution in [0.25, 0.3) is 0 Å². The van der Waals surface area contributed by atoms with Crippen molar-refractivity contribution in [2.45, 2.75) is 13.2 Å². The van der Waals surface area contributed by atoms with Crippen molar-refractivity contribution in [2.24, 2.45) is 0 Å². The summed E-state index contributed by atoms with van der Waals surface area (Å²) in [6.07, 6.45) is 0.221. The van der Waals surface area contributed by atoms with Gasteiger partial charge in [-0.1, -0.05) is 0 Å². The highest BCUT2D eigenvalue weighted by molar-refractivity contribution is 6.42. The Hall–Kier alpha value is -0.795. The number of carbonyl (C=O) groups excluding carboxylic acids is 2. The Morgan fingerprint density at radius 1 is 1.56 bits per heavy atom. The first-order valence-corrected chi connectivity index (χ1v) is 2.92. The summed E-state index contributed by atoms with van der Waals surface area (Å²) >= 11 is 0. The highest BCUT2D eigenvalue weighted by Crippen LogP contribution is 1.83. The summed E-state index contributed by atoms with van der Waals surface area (Å²) in [6.45, 7) is 1.94. The molecule has 0 unspecified atom stereocenters. The third-order valence-electron chi connectivity index (χ3n) is 0.824. The Morgan fingerprint density at radius 3 is 2.44 bits per heavy atom. The van der Waals surface area contributed by atoms with Gasteiger partial charge in [0.15, 0.2) is 0 Å². The van der Waals surface area contributed by atoms with Gasteiger partial charge in [0.25, 0.3) is 0 Å². The summed E-state index contributed by atoms with van der Waals surface area (Å²) in [6, 6.07) is 0. The third kappa shape index (κ3) is 2.90. The van der Waals surface area contributed by atoms with Gasteiger partial charge in [-0.05, 0) is 13.2 Å². The van der Waals surface area contributed by atoms with Crippen LogP contribution in [0, 0.1) is 0 Å². The quantitative estimate of drug-likeness (QED) is 0.283. The maximum Gasteiger partial charge on any atom is 0.373 e. The van der Waals surface area contributed by atoms with E-state index in [0.717, 1.165) is 0 Å². The largest absolute Gasteiger partial charge is 0.460 e. The molecule has 0 saturated carbocycles. The topological polar surface area (TPSA) is 43.4 Å². The zero-order valence-electron chi connectivity index (χ0n) is 5.64. The fourth-order valence-corrected chi connectivity index (χ4v) is 0.356. The van der Waals surface area contributed by atoms with Crippen LogP contribution in [0.1, 0.15) is 6.92 Å². The monoisotopic (exact) mass is 128 g/mol. The molecule has 0 spiro atoms. The molecule has 0 aliphatic rings. The number of hydrogen-bond acceptors (Lipinski definition) is 3. The second-order valence-electron chi connectivity index (χ2n) is 1.50. The Labute approximate surface area is 54.8 Å². The van der Waals surface area contributed by atoms with Gasteiger partial charge in [-0.25, -0.2) is 4.79 Å². The number of esters is 1. The summed E-state index contributed by atoms with van der Waals surface area (Å²) in [7, 11) is 1.62. The van der Waals surface area contributed by atoms with Gasteiger partial charge >= 0.3 is 5.97 Å². The molecule has 50 valence electrons. The SMILES string of the molecule is BCC(=O)C(=O)OCC. The van der Waals surface area contributed by atoms with Crippen LogP contribution in [0.4, 0.5) is 0 Å². The second-order valence-corrected chi connectivity index (χ2v) is 1.50. The van der Waals surface area contributed by atoms with Gasteiger partial charge < -0.3 is 4.74 Å². The van der Waals surface area contributed by atoms with E-state index in [0.29, 0.717) is 0 Å². The van der Waals surface area contributed by atoms with E-state index in [1.165, 1.54) is 0 Å². The lowest BCUT2D eigenvalue weighted by molar-refractivity contribution is -0.152. The van der Waals surface area contributed by atoms with Crippen molar-refractivity contribution in [3.8, 4) is 0 Å². The minimum atomic E-state index is -0.722. The normalized spacial score (nSPS) is 8.56. The molecule has 4 heteroatoms. The average Bonchev–Trinajstić information content (AvgIpc) is 1.87. The number of carbonyl (C=O) groups is 2. The van der Waals surface area contributed by atoms with Crippen molar-refractivity contribution in [1.82, 2.24) is 0 Å².